The first-order valence-corrected chi connectivity index (χ1v) is 15.3. The molecule has 2 saturated heterocycles. The quantitative estimate of drug-likeness (QED) is 0.486. The number of carbonyl (C=O) groups excluding carboxylic acids is 3. The summed E-state index contributed by atoms with van der Waals surface area (Å²) in [5, 5.41) is 6.10. The van der Waals surface area contributed by atoms with Gasteiger partial charge in [0.2, 0.25) is 17.7 Å². The lowest BCUT2D eigenvalue weighted by Crippen LogP contribution is -2.55. The molecule has 2 aliphatic carbocycles. The van der Waals surface area contributed by atoms with E-state index in [9.17, 15) is 14.4 Å². The van der Waals surface area contributed by atoms with Gasteiger partial charge in [-0.25, -0.2) is 0 Å². The minimum atomic E-state index is -0.543. The molecule has 4 fully saturated rings. The van der Waals surface area contributed by atoms with Gasteiger partial charge in [-0.15, -0.1) is 0 Å². The van der Waals surface area contributed by atoms with Crippen molar-refractivity contribution in [1.82, 2.24) is 20.4 Å². The fraction of sp³-hybridized carbons (Fsp3) is 0.900. The van der Waals surface area contributed by atoms with Gasteiger partial charge in [-0.2, -0.15) is 0 Å². The zero-order valence-electron chi connectivity index (χ0n) is 23.9. The van der Waals surface area contributed by atoms with Gasteiger partial charge >= 0.3 is 0 Å². The molecule has 0 radical (unpaired) electrons. The Morgan fingerprint density at radius 2 is 1.65 bits per heavy atom. The van der Waals surface area contributed by atoms with Crippen molar-refractivity contribution in [3.05, 3.63) is 0 Å². The van der Waals surface area contributed by atoms with Crippen molar-refractivity contribution >= 4 is 17.7 Å². The van der Waals surface area contributed by atoms with Crippen LogP contribution in [-0.4, -0.2) is 72.3 Å². The molecule has 3 amide bonds. The molecule has 4 rings (SSSR count). The van der Waals surface area contributed by atoms with Crippen LogP contribution >= 0.6 is 0 Å². The zero-order valence-corrected chi connectivity index (χ0v) is 23.9. The standard InChI is InChI=1S/C30H52N4O3/c1-5-33-16-10-13-23(19-33)28(36)32-27(22-11-7-6-8-12-22)29(37)31-18-26(35)34-20-25(17-21(34)2)30(3,4)24-14-9-15-24/h21-25,27H,5-20H2,1-4H3,(H,31,37)(H,32,36). The molecule has 4 aliphatic rings. The number of amides is 3. The second-order valence-corrected chi connectivity index (χ2v) is 13.1. The Labute approximate surface area is 224 Å². The highest BCUT2D eigenvalue weighted by atomic mass is 16.2. The predicted octanol–water partition coefficient (Wildman–Crippen LogP) is 3.96. The Kier molecular flexibility index (Phi) is 9.58. The number of nitrogens with one attached hydrogen (secondary N) is 2. The summed E-state index contributed by atoms with van der Waals surface area (Å²) in [7, 11) is 0. The van der Waals surface area contributed by atoms with E-state index in [-0.39, 0.29) is 47.6 Å². The molecular weight excluding hydrogens is 464 g/mol. The average Bonchev–Trinajstić information content (AvgIpc) is 3.27. The van der Waals surface area contributed by atoms with Gasteiger partial charge in [-0.05, 0) is 88.1 Å². The van der Waals surface area contributed by atoms with Gasteiger partial charge in [0.05, 0.1) is 12.5 Å². The van der Waals surface area contributed by atoms with Crippen LogP contribution in [0.5, 0.6) is 0 Å². The molecule has 37 heavy (non-hydrogen) atoms. The fourth-order valence-electron chi connectivity index (χ4n) is 7.47. The molecule has 2 saturated carbocycles. The van der Waals surface area contributed by atoms with Crippen LogP contribution in [0.15, 0.2) is 0 Å². The Balaban J connectivity index is 1.33. The third-order valence-electron chi connectivity index (χ3n) is 10.5. The van der Waals surface area contributed by atoms with E-state index in [0.717, 1.165) is 77.0 Å². The Hall–Kier alpha value is -1.63. The van der Waals surface area contributed by atoms with Crippen molar-refractivity contribution in [3.8, 4) is 0 Å². The summed E-state index contributed by atoms with van der Waals surface area (Å²) in [4.78, 5) is 44.2. The van der Waals surface area contributed by atoms with Crippen molar-refractivity contribution in [1.29, 1.82) is 0 Å². The third kappa shape index (κ3) is 6.69. The lowest BCUT2D eigenvalue weighted by molar-refractivity contribution is -0.136. The monoisotopic (exact) mass is 516 g/mol. The minimum absolute atomic E-state index is 0.00410. The molecule has 210 valence electrons. The van der Waals surface area contributed by atoms with Gasteiger partial charge in [0, 0.05) is 19.1 Å². The van der Waals surface area contributed by atoms with Crippen molar-refractivity contribution in [2.24, 2.45) is 29.1 Å². The summed E-state index contributed by atoms with van der Waals surface area (Å²) in [5.74, 6) is 1.20. The number of nitrogens with zero attached hydrogens (tertiary/aromatic N) is 2. The smallest absolute Gasteiger partial charge is 0.243 e. The molecular formula is C30H52N4O3. The van der Waals surface area contributed by atoms with E-state index in [1.165, 1.54) is 25.7 Å². The van der Waals surface area contributed by atoms with E-state index in [1.54, 1.807) is 0 Å². The molecule has 0 aromatic carbocycles. The van der Waals surface area contributed by atoms with Crippen molar-refractivity contribution < 1.29 is 14.4 Å². The van der Waals surface area contributed by atoms with Crippen LogP contribution < -0.4 is 10.6 Å². The Morgan fingerprint density at radius 1 is 0.919 bits per heavy atom. The maximum atomic E-state index is 13.4. The van der Waals surface area contributed by atoms with Gasteiger partial charge in [0.15, 0.2) is 0 Å². The van der Waals surface area contributed by atoms with Gasteiger partial charge < -0.3 is 20.4 Å². The first-order valence-electron chi connectivity index (χ1n) is 15.3. The third-order valence-corrected chi connectivity index (χ3v) is 10.5. The van der Waals surface area contributed by atoms with E-state index < -0.39 is 6.04 Å². The number of carbonyl (C=O) groups is 3. The molecule has 0 aromatic heterocycles. The minimum Gasteiger partial charge on any atom is -0.345 e. The molecule has 2 aliphatic heterocycles. The van der Waals surface area contributed by atoms with Crippen LogP contribution in [0, 0.1) is 29.1 Å². The van der Waals surface area contributed by atoms with E-state index >= 15 is 0 Å². The van der Waals surface area contributed by atoms with Crippen molar-refractivity contribution in [3.63, 3.8) is 0 Å². The number of rotatable bonds is 9. The Morgan fingerprint density at radius 3 is 2.30 bits per heavy atom. The van der Waals surface area contributed by atoms with Crippen LogP contribution in [0.3, 0.4) is 0 Å². The SMILES string of the molecule is CCN1CCCC(C(=O)NC(C(=O)NCC(=O)N2CC(C(C)(C)C3CCC3)CC2C)C2CCCCC2)C1. The highest BCUT2D eigenvalue weighted by Crippen LogP contribution is 2.49. The highest BCUT2D eigenvalue weighted by Gasteiger charge is 2.45. The summed E-state index contributed by atoms with van der Waals surface area (Å²) in [6, 6.07) is -0.339. The molecule has 2 heterocycles. The summed E-state index contributed by atoms with van der Waals surface area (Å²) in [5.41, 5.74) is 0.258. The van der Waals surface area contributed by atoms with E-state index in [1.807, 2.05) is 4.90 Å². The lowest BCUT2D eigenvalue weighted by Gasteiger charge is -2.44. The highest BCUT2D eigenvalue weighted by molar-refractivity contribution is 5.91. The number of hydrogen-bond donors (Lipinski definition) is 2. The summed E-state index contributed by atoms with van der Waals surface area (Å²) >= 11 is 0. The topological polar surface area (TPSA) is 81.8 Å². The molecule has 0 aromatic rings. The maximum Gasteiger partial charge on any atom is 0.243 e. The molecule has 0 spiro atoms. The number of piperidine rings is 1. The number of likely N-dealkylation sites (tertiary alicyclic amines) is 2. The van der Waals surface area contributed by atoms with Crippen LogP contribution in [0.1, 0.15) is 98.3 Å². The Bertz CT molecular complexity index is 805. The molecule has 2 N–H and O–H groups in total. The van der Waals surface area contributed by atoms with Gasteiger partial charge in [-0.3, -0.25) is 14.4 Å². The van der Waals surface area contributed by atoms with Gasteiger partial charge in [0.1, 0.15) is 6.04 Å². The maximum absolute atomic E-state index is 13.4. The number of hydrogen-bond acceptors (Lipinski definition) is 4. The average molecular weight is 517 g/mol. The molecule has 0 bridgehead atoms. The second kappa shape index (κ2) is 12.5. The van der Waals surface area contributed by atoms with Gasteiger partial charge in [-0.1, -0.05) is 46.5 Å². The van der Waals surface area contributed by atoms with Crippen LogP contribution in [-0.2, 0) is 14.4 Å². The zero-order chi connectivity index (χ0) is 26.6. The normalized spacial score (nSPS) is 29.0. The first-order chi connectivity index (χ1) is 17.7. The molecule has 7 heteroatoms. The van der Waals surface area contributed by atoms with Crippen LogP contribution in [0.4, 0.5) is 0 Å². The first kappa shape index (κ1) is 28.4. The largest absolute Gasteiger partial charge is 0.345 e. The fourth-order valence-corrected chi connectivity index (χ4v) is 7.47. The van der Waals surface area contributed by atoms with E-state index in [2.05, 4.69) is 43.2 Å². The molecule has 7 nitrogen and oxygen atoms in total. The molecule has 4 atom stereocenters. The van der Waals surface area contributed by atoms with Crippen LogP contribution in [0.25, 0.3) is 0 Å². The summed E-state index contributed by atoms with van der Waals surface area (Å²) < 4.78 is 0. The van der Waals surface area contributed by atoms with Crippen molar-refractivity contribution in [2.45, 2.75) is 110 Å². The summed E-state index contributed by atoms with van der Waals surface area (Å²) in [6.07, 6.45) is 12.2. The molecule has 4 unspecified atom stereocenters. The van der Waals surface area contributed by atoms with Crippen LogP contribution in [0.2, 0.25) is 0 Å². The summed E-state index contributed by atoms with van der Waals surface area (Å²) in [6.45, 7) is 12.6. The second-order valence-electron chi connectivity index (χ2n) is 13.1. The van der Waals surface area contributed by atoms with E-state index in [0.29, 0.717) is 5.92 Å². The van der Waals surface area contributed by atoms with E-state index in [4.69, 9.17) is 0 Å². The van der Waals surface area contributed by atoms with Crippen molar-refractivity contribution in [2.75, 3.05) is 32.7 Å². The van der Waals surface area contributed by atoms with Gasteiger partial charge in [0.25, 0.3) is 0 Å². The predicted molar refractivity (Wildman–Crippen MR) is 147 cm³/mol. The lowest BCUT2D eigenvalue weighted by atomic mass is 9.61.